The van der Waals surface area contributed by atoms with E-state index in [1.54, 1.807) is 0 Å². The maximum Gasteiger partial charge on any atom is 0.119 e. The molecule has 5 heteroatoms. The Kier molecular flexibility index (Phi) is 8.38. The molecule has 2 unspecified atom stereocenters. The first-order valence-electron chi connectivity index (χ1n) is 8.55. The van der Waals surface area contributed by atoms with Gasteiger partial charge in [0.15, 0.2) is 0 Å². The lowest BCUT2D eigenvalue weighted by molar-refractivity contribution is 0.238. The molecule has 0 radical (unpaired) electrons. The molecule has 0 aliphatic carbocycles. The number of ether oxygens (including phenoxy) is 1. The van der Waals surface area contributed by atoms with Crippen molar-refractivity contribution < 1.29 is 4.74 Å². The molecule has 2 nitrogen and oxygen atoms in total. The van der Waals surface area contributed by atoms with Gasteiger partial charge in [-0.1, -0.05) is 35.3 Å². The van der Waals surface area contributed by atoms with Crippen LogP contribution in [0.25, 0.3) is 0 Å². The predicted molar refractivity (Wildman–Crippen MR) is 108 cm³/mol. The van der Waals surface area contributed by atoms with Crippen molar-refractivity contribution >= 4 is 35.6 Å². The van der Waals surface area contributed by atoms with Gasteiger partial charge in [0.25, 0.3) is 0 Å². The minimum absolute atomic E-state index is 0. The van der Waals surface area contributed by atoms with E-state index in [-0.39, 0.29) is 12.4 Å². The molecule has 25 heavy (non-hydrogen) atoms. The van der Waals surface area contributed by atoms with E-state index in [0.29, 0.717) is 6.04 Å². The van der Waals surface area contributed by atoms with Crippen molar-refractivity contribution in [2.75, 3.05) is 13.2 Å². The van der Waals surface area contributed by atoms with E-state index in [2.05, 4.69) is 17.4 Å². The highest BCUT2D eigenvalue weighted by molar-refractivity contribution is 6.30. The van der Waals surface area contributed by atoms with Crippen molar-refractivity contribution in [2.24, 2.45) is 5.92 Å². The van der Waals surface area contributed by atoms with Gasteiger partial charge in [-0.25, -0.2) is 0 Å². The van der Waals surface area contributed by atoms with E-state index in [9.17, 15) is 0 Å². The zero-order valence-electron chi connectivity index (χ0n) is 14.1. The van der Waals surface area contributed by atoms with E-state index in [0.717, 1.165) is 47.7 Å². The maximum atomic E-state index is 5.96. The first-order valence-corrected chi connectivity index (χ1v) is 9.31. The third kappa shape index (κ3) is 6.71. The van der Waals surface area contributed by atoms with Crippen LogP contribution in [0.5, 0.6) is 5.75 Å². The van der Waals surface area contributed by atoms with Crippen LogP contribution in [0.15, 0.2) is 48.5 Å². The number of benzene rings is 2. The minimum atomic E-state index is 0. The van der Waals surface area contributed by atoms with Crippen LogP contribution >= 0.6 is 35.6 Å². The lowest BCUT2D eigenvalue weighted by Gasteiger charge is -2.30. The molecular formula is C20H24Cl3NO. The van der Waals surface area contributed by atoms with Gasteiger partial charge in [0.2, 0.25) is 0 Å². The Morgan fingerprint density at radius 2 is 1.60 bits per heavy atom. The number of rotatable bonds is 6. The van der Waals surface area contributed by atoms with Gasteiger partial charge in [-0.05, 0) is 80.1 Å². The molecular weight excluding hydrogens is 377 g/mol. The summed E-state index contributed by atoms with van der Waals surface area (Å²) in [5, 5.41) is 5.16. The average Bonchev–Trinajstić information content (AvgIpc) is 2.59. The van der Waals surface area contributed by atoms with Crippen LogP contribution in [0, 0.1) is 5.92 Å². The summed E-state index contributed by atoms with van der Waals surface area (Å²) in [6.45, 7) is 1.82. The summed E-state index contributed by atoms with van der Waals surface area (Å²) in [4.78, 5) is 0. The Morgan fingerprint density at radius 3 is 2.28 bits per heavy atom. The second kappa shape index (κ2) is 10.3. The molecule has 0 aromatic heterocycles. The van der Waals surface area contributed by atoms with Gasteiger partial charge in [-0.3, -0.25) is 0 Å². The molecule has 0 spiro atoms. The van der Waals surface area contributed by atoms with Crippen LogP contribution in [0.3, 0.4) is 0 Å². The van der Waals surface area contributed by atoms with E-state index in [1.807, 2.05) is 36.4 Å². The molecule has 0 bridgehead atoms. The summed E-state index contributed by atoms with van der Waals surface area (Å²) in [5.41, 5.74) is 1.38. The van der Waals surface area contributed by atoms with Gasteiger partial charge in [0.1, 0.15) is 5.75 Å². The third-order valence-electron chi connectivity index (χ3n) is 4.59. The summed E-state index contributed by atoms with van der Waals surface area (Å²) in [5.74, 6) is 1.61. The van der Waals surface area contributed by atoms with Crippen LogP contribution in [0.1, 0.15) is 24.8 Å². The zero-order chi connectivity index (χ0) is 16.8. The number of piperidine rings is 1. The molecule has 3 rings (SSSR count). The second-order valence-corrected chi connectivity index (χ2v) is 7.34. The highest BCUT2D eigenvalue weighted by Crippen LogP contribution is 2.24. The van der Waals surface area contributed by atoms with Crippen LogP contribution in [-0.2, 0) is 6.42 Å². The van der Waals surface area contributed by atoms with Crippen molar-refractivity contribution in [1.82, 2.24) is 5.32 Å². The molecule has 1 aliphatic rings. The van der Waals surface area contributed by atoms with E-state index in [1.165, 1.54) is 18.4 Å². The van der Waals surface area contributed by atoms with Gasteiger partial charge in [0.05, 0.1) is 6.61 Å². The maximum absolute atomic E-state index is 5.96. The highest BCUT2D eigenvalue weighted by atomic mass is 35.5. The summed E-state index contributed by atoms with van der Waals surface area (Å²) in [6, 6.07) is 16.3. The molecule has 2 atom stereocenters. The molecule has 1 saturated heterocycles. The Morgan fingerprint density at radius 1 is 0.960 bits per heavy atom. The summed E-state index contributed by atoms with van der Waals surface area (Å²) in [6.07, 6.45) is 4.59. The number of halogens is 3. The fourth-order valence-electron chi connectivity index (χ4n) is 3.30. The Bertz CT molecular complexity index is 630. The molecule has 1 fully saturated rings. The monoisotopic (exact) mass is 399 g/mol. The lowest BCUT2D eigenvalue weighted by Crippen LogP contribution is -2.39. The Hall–Kier alpha value is -0.930. The van der Waals surface area contributed by atoms with Crippen LogP contribution in [0.4, 0.5) is 0 Å². The first-order chi connectivity index (χ1) is 11.7. The van der Waals surface area contributed by atoms with Gasteiger partial charge < -0.3 is 10.1 Å². The molecule has 1 heterocycles. The number of hydrogen-bond acceptors (Lipinski definition) is 2. The SMILES string of the molecule is Cl.Clc1ccc(CC2CCNC(CCOc3ccc(Cl)cc3)C2)cc1. The van der Waals surface area contributed by atoms with Gasteiger partial charge >= 0.3 is 0 Å². The number of hydrogen-bond donors (Lipinski definition) is 1. The van der Waals surface area contributed by atoms with Gasteiger partial charge in [-0.2, -0.15) is 0 Å². The molecule has 2 aromatic rings. The van der Waals surface area contributed by atoms with Crippen molar-refractivity contribution in [3.05, 3.63) is 64.1 Å². The van der Waals surface area contributed by atoms with Crippen molar-refractivity contribution in [3.63, 3.8) is 0 Å². The van der Waals surface area contributed by atoms with Crippen molar-refractivity contribution in [1.29, 1.82) is 0 Å². The average molecular weight is 401 g/mol. The quantitative estimate of drug-likeness (QED) is 0.662. The second-order valence-electron chi connectivity index (χ2n) is 6.46. The van der Waals surface area contributed by atoms with Gasteiger partial charge in [-0.15, -0.1) is 12.4 Å². The summed E-state index contributed by atoms with van der Waals surface area (Å²) < 4.78 is 5.82. The lowest BCUT2D eigenvalue weighted by atomic mass is 9.86. The first kappa shape index (κ1) is 20.4. The van der Waals surface area contributed by atoms with Crippen molar-refractivity contribution in [2.45, 2.75) is 31.7 Å². The predicted octanol–water partition coefficient (Wildman–Crippen LogP) is 5.80. The van der Waals surface area contributed by atoms with Crippen LogP contribution < -0.4 is 10.1 Å². The molecule has 0 amide bonds. The number of nitrogens with one attached hydrogen (secondary N) is 1. The minimum Gasteiger partial charge on any atom is -0.494 e. The Balaban J connectivity index is 0.00000225. The van der Waals surface area contributed by atoms with Crippen LogP contribution in [-0.4, -0.2) is 19.2 Å². The summed E-state index contributed by atoms with van der Waals surface area (Å²) >= 11 is 11.8. The van der Waals surface area contributed by atoms with E-state index in [4.69, 9.17) is 27.9 Å². The normalized spacial score (nSPS) is 19.9. The van der Waals surface area contributed by atoms with Crippen molar-refractivity contribution in [3.8, 4) is 5.75 Å². The summed E-state index contributed by atoms with van der Waals surface area (Å²) in [7, 11) is 0. The fourth-order valence-corrected chi connectivity index (χ4v) is 3.56. The standard InChI is InChI=1S/C20H23Cl2NO.ClH/c21-17-3-1-15(2-4-17)13-16-9-11-23-19(14-16)10-12-24-20-7-5-18(22)6-8-20;/h1-8,16,19,23H,9-14H2;1H. The fraction of sp³-hybridized carbons (Fsp3) is 0.400. The molecule has 136 valence electrons. The Labute approximate surface area is 166 Å². The van der Waals surface area contributed by atoms with E-state index >= 15 is 0 Å². The molecule has 2 aromatic carbocycles. The third-order valence-corrected chi connectivity index (χ3v) is 5.09. The van der Waals surface area contributed by atoms with Gasteiger partial charge in [0, 0.05) is 16.1 Å². The zero-order valence-corrected chi connectivity index (χ0v) is 16.4. The smallest absolute Gasteiger partial charge is 0.119 e. The molecule has 1 N–H and O–H groups in total. The molecule has 0 saturated carbocycles. The van der Waals surface area contributed by atoms with E-state index < -0.39 is 0 Å². The van der Waals surface area contributed by atoms with Crippen LogP contribution in [0.2, 0.25) is 10.0 Å². The highest BCUT2D eigenvalue weighted by Gasteiger charge is 2.21. The molecule has 1 aliphatic heterocycles. The topological polar surface area (TPSA) is 21.3 Å². The largest absolute Gasteiger partial charge is 0.494 e.